The molecule has 0 aromatic heterocycles. The zero-order valence-electron chi connectivity index (χ0n) is 12.3. The first kappa shape index (κ1) is 16.2. The van der Waals surface area contributed by atoms with Crippen LogP contribution in [-0.2, 0) is 0 Å². The number of aliphatic hydroxyl groups is 1. The number of hydrogen-bond donors (Lipinski definition) is 2. The number of anilines is 1. The highest BCUT2D eigenvalue weighted by Gasteiger charge is 2.17. The Morgan fingerprint density at radius 2 is 2.00 bits per heavy atom. The van der Waals surface area contributed by atoms with E-state index < -0.39 is 11.0 Å². The van der Waals surface area contributed by atoms with Gasteiger partial charge in [-0.3, -0.25) is 10.1 Å². The van der Waals surface area contributed by atoms with Crippen molar-refractivity contribution < 1.29 is 14.8 Å². The molecule has 0 radical (unpaired) electrons. The predicted octanol–water partition coefficient (Wildman–Crippen LogP) is 2.95. The molecule has 0 aliphatic rings. The van der Waals surface area contributed by atoms with Crippen molar-refractivity contribution >= 4 is 11.4 Å². The van der Waals surface area contributed by atoms with E-state index in [9.17, 15) is 15.2 Å². The lowest BCUT2D eigenvalue weighted by molar-refractivity contribution is -0.386. The van der Waals surface area contributed by atoms with E-state index in [1.807, 2.05) is 20.8 Å². The molecule has 0 heterocycles. The van der Waals surface area contributed by atoms with Crippen LogP contribution in [0.15, 0.2) is 18.2 Å². The van der Waals surface area contributed by atoms with Gasteiger partial charge in [-0.2, -0.15) is 0 Å². The molecule has 1 rings (SSSR count). The summed E-state index contributed by atoms with van der Waals surface area (Å²) >= 11 is 0. The Morgan fingerprint density at radius 3 is 2.50 bits per heavy atom. The fourth-order valence-corrected chi connectivity index (χ4v) is 1.96. The van der Waals surface area contributed by atoms with Crippen LogP contribution in [-0.4, -0.2) is 28.3 Å². The number of nitro benzene ring substituents is 1. The van der Waals surface area contributed by atoms with E-state index in [0.29, 0.717) is 6.42 Å². The van der Waals surface area contributed by atoms with E-state index in [-0.39, 0.29) is 23.6 Å². The van der Waals surface area contributed by atoms with Gasteiger partial charge in [0.05, 0.1) is 17.1 Å². The van der Waals surface area contributed by atoms with Gasteiger partial charge in [0.25, 0.3) is 0 Å². The molecule has 0 amide bonds. The first-order chi connectivity index (χ1) is 9.29. The molecule has 0 fully saturated rings. The minimum atomic E-state index is -0.458. The number of rotatable bonds is 7. The summed E-state index contributed by atoms with van der Waals surface area (Å²) in [7, 11) is 0. The van der Waals surface area contributed by atoms with Gasteiger partial charge in [0.1, 0.15) is 0 Å². The Hall–Kier alpha value is -1.82. The molecule has 0 saturated carbocycles. The molecular weight excluding hydrogens is 260 g/mol. The van der Waals surface area contributed by atoms with Crippen LogP contribution in [0.5, 0.6) is 5.75 Å². The normalized spacial score (nSPS) is 13.9. The number of ether oxygens (including phenoxy) is 1. The zero-order valence-corrected chi connectivity index (χ0v) is 12.3. The second-order valence-corrected chi connectivity index (χ2v) is 5.24. The molecule has 0 aliphatic carbocycles. The summed E-state index contributed by atoms with van der Waals surface area (Å²) in [6.07, 6.45) is 0.0536. The van der Waals surface area contributed by atoms with Gasteiger partial charge in [-0.05, 0) is 40.2 Å². The van der Waals surface area contributed by atoms with Crippen LogP contribution in [0.3, 0.4) is 0 Å². The van der Waals surface area contributed by atoms with E-state index in [4.69, 9.17) is 4.74 Å². The largest absolute Gasteiger partial charge is 0.484 e. The molecule has 0 bridgehead atoms. The summed E-state index contributed by atoms with van der Waals surface area (Å²) in [5, 5.41) is 23.5. The van der Waals surface area contributed by atoms with Crippen LogP contribution in [0, 0.1) is 10.1 Å². The molecule has 0 aliphatic heterocycles. The lowest BCUT2D eigenvalue weighted by atomic mass is 10.1. The SMILES string of the molecule is CC(O)CC(C)Nc1ccc([N+](=O)[O-])c(OC(C)C)c1. The Labute approximate surface area is 118 Å². The van der Waals surface area contributed by atoms with Crippen molar-refractivity contribution in [2.75, 3.05) is 5.32 Å². The minimum absolute atomic E-state index is 0.0487. The minimum Gasteiger partial charge on any atom is -0.484 e. The molecule has 1 aromatic rings. The van der Waals surface area contributed by atoms with E-state index in [2.05, 4.69) is 5.32 Å². The highest BCUT2D eigenvalue weighted by Crippen LogP contribution is 2.31. The standard InChI is InChI=1S/C14H22N2O4/c1-9(2)20-14-8-12(5-6-13(14)16(18)19)15-10(3)7-11(4)17/h5-6,8-11,15,17H,7H2,1-4H3. The number of nitro groups is 1. The highest BCUT2D eigenvalue weighted by atomic mass is 16.6. The highest BCUT2D eigenvalue weighted by molar-refractivity contribution is 5.58. The number of nitrogens with one attached hydrogen (secondary N) is 1. The van der Waals surface area contributed by atoms with Crippen LogP contribution in [0.2, 0.25) is 0 Å². The average molecular weight is 282 g/mol. The zero-order chi connectivity index (χ0) is 15.3. The van der Waals surface area contributed by atoms with Gasteiger partial charge in [-0.25, -0.2) is 0 Å². The second kappa shape index (κ2) is 7.09. The molecule has 112 valence electrons. The van der Waals surface area contributed by atoms with Gasteiger partial charge in [0, 0.05) is 23.9 Å². The van der Waals surface area contributed by atoms with E-state index in [0.717, 1.165) is 5.69 Å². The lowest BCUT2D eigenvalue weighted by Crippen LogP contribution is -2.20. The fraction of sp³-hybridized carbons (Fsp3) is 0.571. The number of nitrogens with zero attached hydrogens (tertiary/aromatic N) is 1. The summed E-state index contributed by atoms with van der Waals surface area (Å²) in [6, 6.07) is 4.75. The summed E-state index contributed by atoms with van der Waals surface area (Å²) < 4.78 is 5.48. The average Bonchev–Trinajstić information content (AvgIpc) is 2.26. The fourth-order valence-electron chi connectivity index (χ4n) is 1.96. The molecule has 2 atom stereocenters. The quantitative estimate of drug-likeness (QED) is 0.593. The van der Waals surface area contributed by atoms with Crippen molar-refractivity contribution in [3.8, 4) is 5.75 Å². The number of benzene rings is 1. The first-order valence-electron chi connectivity index (χ1n) is 6.69. The van der Waals surface area contributed by atoms with Gasteiger partial charge in [-0.15, -0.1) is 0 Å². The van der Waals surface area contributed by atoms with Gasteiger partial charge in [-0.1, -0.05) is 0 Å². The summed E-state index contributed by atoms with van der Waals surface area (Å²) in [4.78, 5) is 10.5. The maximum Gasteiger partial charge on any atom is 0.311 e. The third kappa shape index (κ3) is 5.05. The molecule has 6 heteroatoms. The van der Waals surface area contributed by atoms with Crippen molar-refractivity contribution in [2.24, 2.45) is 0 Å². The molecule has 0 spiro atoms. The van der Waals surface area contributed by atoms with Crippen LogP contribution in [0.4, 0.5) is 11.4 Å². The lowest BCUT2D eigenvalue weighted by Gasteiger charge is -2.18. The molecular formula is C14H22N2O4. The molecule has 2 unspecified atom stereocenters. The van der Waals surface area contributed by atoms with Crippen molar-refractivity contribution in [3.05, 3.63) is 28.3 Å². The molecule has 6 nitrogen and oxygen atoms in total. The van der Waals surface area contributed by atoms with Crippen LogP contribution >= 0.6 is 0 Å². The van der Waals surface area contributed by atoms with Crippen LogP contribution in [0.1, 0.15) is 34.1 Å². The van der Waals surface area contributed by atoms with Crippen molar-refractivity contribution in [2.45, 2.75) is 52.4 Å². The topological polar surface area (TPSA) is 84.6 Å². The maximum atomic E-state index is 11.0. The Bertz CT molecular complexity index is 460. The molecule has 0 saturated heterocycles. The summed E-state index contributed by atoms with van der Waals surface area (Å²) in [5.74, 6) is 0.249. The van der Waals surface area contributed by atoms with E-state index in [1.165, 1.54) is 6.07 Å². The summed E-state index contributed by atoms with van der Waals surface area (Å²) in [6.45, 7) is 7.30. The Morgan fingerprint density at radius 1 is 1.35 bits per heavy atom. The van der Waals surface area contributed by atoms with Crippen molar-refractivity contribution in [3.63, 3.8) is 0 Å². The third-order valence-electron chi connectivity index (χ3n) is 2.63. The van der Waals surface area contributed by atoms with Gasteiger partial charge in [0.15, 0.2) is 5.75 Å². The second-order valence-electron chi connectivity index (χ2n) is 5.24. The van der Waals surface area contributed by atoms with E-state index >= 15 is 0 Å². The monoisotopic (exact) mass is 282 g/mol. The van der Waals surface area contributed by atoms with Gasteiger partial charge < -0.3 is 15.2 Å². The summed E-state index contributed by atoms with van der Waals surface area (Å²) in [5.41, 5.74) is 0.687. The van der Waals surface area contributed by atoms with Crippen molar-refractivity contribution in [1.29, 1.82) is 0 Å². The number of hydrogen-bond acceptors (Lipinski definition) is 5. The van der Waals surface area contributed by atoms with Crippen LogP contribution < -0.4 is 10.1 Å². The molecule has 1 aromatic carbocycles. The van der Waals surface area contributed by atoms with Crippen molar-refractivity contribution in [1.82, 2.24) is 0 Å². The molecule has 20 heavy (non-hydrogen) atoms. The smallest absolute Gasteiger partial charge is 0.311 e. The van der Waals surface area contributed by atoms with Gasteiger partial charge >= 0.3 is 5.69 Å². The van der Waals surface area contributed by atoms with E-state index in [1.54, 1.807) is 19.1 Å². The van der Waals surface area contributed by atoms with Gasteiger partial charge in [0.2, 0.25) is 0 Å². The Kier molecular flexibility index (Phi) is 5.76. The molecule has 2 N–H and O–H groups in total. The number of aliphatic hydroxyl groups excluding tert-OH is 1. The predicted molar refractivity (Wildman–Crippen MR) is 78.2 cm³/mol. The van der Waals surface area contributed by atoms with Crippen LogP contribution in [0.25, 0.3) is 0 Å². The Balaban J connectivity index is 2.91. The third-order valence-corrected chi connectivity index (χ3v) is 2.63. The first-order valence-corrected chi connectivity index (χ1v) is 6.69. The maximum absolute atomic E-state index is 11.0.